The van der Waals surface area contributed by atoms with Gasteiger partial charge in [-0.3, -0.25) is 0 Å². The fourth-order valence-corrected chi connectivity index (χ4v) is 9.08. The highest BCUT2D eigenvalue weighted by Gasteiger charge is 2.49. The molecule has 0 aromatic carbocycles. The van der Waals surface area contributed by atoms with Crippen molar-refractivity contribution in [1.29, 1.82) is 0 Å². The summed E-state index contributed by atoms with van der Waals surface area (Å²) in [5.74, 6) is 3.00. The van der Waals surface area contributed by atoms with Crippen molar-refractivity contribution in [2.45, 2.75) is 72.1 Å². The highest BCUT2D eigenvalue weighted by Crippen LogP contribution is 2.51. The van der Waals surface area contributed by atoms with E-state index in [1.807, 2.05) is 0 Å². The molecular weight excluding hydrogens is 454 g/mol. The predicted molar refractivity (Wildman–Crippen MR) is 159 cm³/mol. The van der Waals surface area contributed by atoms with E-state index in [0.29, 0.717) is 0 Å². The monoisotopic (exact) mass is 518 g/mol. The van der Waals surface area contributed by atoms with Crippen LogP contribution in [0.15, 0.2) is 0 Å². The lowest BCUT2D eigenvalue weighted by atomic mass is 9.58. The summed E-state index contributed by atoms with van der Waals surface area (Å²) in [5, 5.41) is 0. The molecule has 7 rings (SSSR count). The van der Waals surface area contributed by atoms with Crippen molar-refractivity contribution in [2.24, 2.45) is 34.0 Å². The van der Waals surface area contributed by atoms with Gasteiger partial charge in [0.15, 0.2) is 0 Å². The van der Waals surface area contributed by atoms with E-state index in [9.17, 15) is 0 Å². The first-order valence-corrected chi connectivity index (χ1v) is 15.8. The molecule has 5 heteroatoms. The Morgan fingerprint density at radius 2 is 0.838 bits per heavy atom. The number of hydrogen-bond donors (Lipinski definition) is 0. The smallest absolute Gasteiger partial charge is 0.00484 e. The number of rotatable bonds is 0. The molecule has 0 aromatic heterocycles. The quantitative estimate of drug-likeness (QED) is 0.462. The normalized spacial score (nSPS) is 33.2. The van der Waals surface area contributed by atoms with Crippen LogP contribution in [-0.2, 0) is 0 Å². The van der Waals surface area contributed by atoms with Gasteiger partial charge in [0.25, 0.3) is 0 Å². The molecule has 0 N–H and O–H groups in total. The third kappa shape index (κ3) is 7.93. The van der Waals surface area contributed by atoms with Crippen LogP contribution in [0.2, 0.25) is 0 Å². The second kappa shape index (κ2) is 12.1. The van der Waals surface area contributed by atoms with E-state index >= 15 is 0 Å². The van der Waals surface area contributed by atoms with Crippen molar-refractivity contribution in [3.05, 3.63) is 0 Å². The van der Waals surface area contributed by atoms with E-state index in [1.165, 1.54) is 117 Å². The van der Waals surface area contributed by atoms with Crippen molar-refractivity contribution in [1.82, 2.24) is 24.5 Å². The van der Waals surface area contributed by atoms with E-state index in [-0.39, 0.29) is 0 Å². The zero-order valence-electron chi connectivity index (χ0n) is 26.2. The predicted octanol–water partition coefficient (Wildman–Crippen LogP) is 4.69. The lowest BCUT2D eigenvalue weighted by Gasteiger charge is -2.57. The molecular formula is C32H63N5. The largest absolute Gasteiger partial charge is 0.306 e. The molecule has 0 radical (unpaired) electrons. The lowest BCUT2D eigenvalue weighted by molar-refractivity contribution is -0.0758. The minimum atomic E-state index is 0.737. The highest BCUT2D eigenvalue weighted by molar-refractivity contribution is 5.02. The van der Waals surface area contributed by atoms with Gasteiger partial charge in [0.1, 0.15) is 0 Å². The number of likely N-dealkylation sites (tertiary alicyclic amines) is 5. The summed E-state index contributed by atoms with van der Waals surface area (Å²) in [7, 11) is 11.1. The van der Waals surface area contributed by atoms with Crippen LogP contribution in [0, 0.1) is 34.0 Å². The van der Waals surface area contributed by atoms with Crippen LogP contribution in [0.5, 0.6) is 0 Å². The number of hydrogen-bond acceptors (Lipinski definition) is 5. The Kier molecular flexibility index (Phi) is 9.76. The average molecular weight is 518 g/mol. The molecule has 5 aliphatic heterocycles. The summed E-state index contributed by atoms with van der Waals surface area (Å²) >= 11 is 0. The van der Waals surface area contributed by atoms with E-state index in [0.717, 1.165) is 34.0 Å². The van der Waals surface area contributed by atoms with Crippen LogP contribution in [0.3, 0.4) is 0 Å². The molecule has 0 aromatic rings. The summed E-state index contributed by atoms with van der Waals surface area (Å²) in [6.07, 6.45) is 11.8. The Hall–Kier alpha value is -0.200. The molecule has 2 aliphatic carbocycles. The SMILES string of the molecule is CC1CC2(C1)CN(C)C2.CC1CCC2(CC1)CN(C)C2.CC1CN(C)C1.CN1CCC2(CC1)CN(C)C2. The van der Waals surface area contributed by atoms with Gasteiger partial charge < -0.3 is 24.5 Å². The fourth-order valence-electron chi connectivity index (χ4n) is 9.08. The van der Waals surface area contributed by atoms with Crippen LogP contribution >= 0.6 is 0 Å². The van der Waals surface area contributed by atoms with Gasteiger partial charge in [-0.25, -0.2) is 0 Å². The summed E-state index contributed by atoms with van der Waals surface area (Å²) in [4.78, 5) is 12.1. The molecule has 5 saturated heterocycles. The van der Waals surface area contributed by atoms with Gasteiger partial charge in [0, 0.05) is 52.4 Å². The second-order valence-electron chi connectivity index (χ2n) is 15.8. The maximum Gasteiger partial charge on any atom is 0.00484 e. The number of nitrogens with zero attached hydrogens (tertiary/aromatic N) is 5. The van der Waals surface area contributed by atoms with Crippen molar-refractivity contribution < 1.29 is 0 Å². The van der Waals surface area contributed by atoms with Crippen molar-refractivity contribution in [3.8, 4) is 0 Å². The average Bonchev–Trinajstić information content (AvgIpc) is 2.74. The van der Waals surface area contributed by atoms with Gasteiger partial charge in [-0.1, -0.05) is 33.6 Å². The zero-order valence-corrected chi connectivity index (χ0v) is 26.2. The standard InChI is InChI=1S/C10H19N.C9H18N2.C8H15N.C5H11N/c1-9-3-5-10(6-4-9)7-11(2)8-10;1-10-5-3-9(4-6-10)7-11(2)8-9;1-7-3-8(4-7)5-9(2)6-8;1-5-3-6(2)4-5/h9H,3-8H2,1-2H3;3-8H2,1-2H3;7H,3-6H2,1-2H3;5H,3-4H2,1-2H3. The van der Waals surface area contributed by atoms with Crippen LogP contribution in [0.1, 0.15) is 72.1 Å². The minimum absolute atomic E-state index is 0.737. The molecule has 7 aliphatic rings. The molecule has 0 bridgehead atoms. The van der Waals surface area contributed by atoms with Gasteiger partial charge in [0.2, 0.25) is 0 Å². The van der Waals surface area contributed by atoms with Crippen LogP contribution in [-0.4, -0.2) is 125 Å². The van der Waals surface area contributed by atoms with Crippen LogP contribution < -0.4 is 0 Å². The third-order valence-corrected chi connectivity index (χ3v) is 10.8. The van der Waals surface area contributed by atoms with Crippen molar-refractivity contribution >= 4 is 0 Å². The lowest BCUT2D eigenvalue weighted by Crippen LogP contribution is -2.60. The summed E-state index contributed by atoms with van der Waals surface area (Å²) in [6.45, 7) is 20.5. The molecule has 3 spiro atoms. The summed E-state index contributed by atoms with van der Waals surface area (Å²) in [5.41, 5.74) is 2.33. The second-order valence-corrected chi connectivity index (χ2v) is 15.8. The Bertz CT molecular complexity index is 612. The first kappa shape index (κ1) is 29.8. The van der Waals surface area contributed by atoms with Crippen LogP contribution in [0.4, 0.5) is 0 Å². The molecule has 7 fully saturated rings. The molecule has 37 heavy (non-hydrogen) atoms. The molecule has 216 valence electrons. The molecule has 0 unspecified atom stereocenters. The van der Waals surface area contributed by atoms with E-state index in [1.54, 1.807) is 0 Å². The van der Waals surface area contributed by atoms with Gasteiger partial charge >= 0.3 is 0 Å². The Morgan fingerprint density at radius 3 is 1.16 bits per heavy atom. The van der Waals surface area contributed by atoms with E-state index < -0.39 is 0 Å². The molecule has 0 amide bonds. The minimum Gasteiger partial charge on any atom is -0.306 e. The summed E-state index contributed by atoms with van der Waals surface area (Å²) in [6, 6.07) is 0. The van der Waals surface area contributed by atoms with Crippen molar-refractivity contribution in [3.63, 3.8) is 0 Å². The van der Waals surface area contributed by atoms with E-state index in [2.05, 4.69) is 80.5 Å². The summed E-state index contributed by atoms with van der Waals surface area (Å²) < 4.78 is 0. The van der Waals surface area contributed by atoms with Gasteiger partial charge in [-0.05, 0) is 121 Å². The molecule has 0 atom stereocenters. The third-order valence-electron chi connectivity index (χ3n) is 10.8. The Labute approximate surface area is 231 Å². The highest BCUT2D eigenvalue weighted by atomic mass is 15.2. The van der Waals surface area contributed by atoms with Gasteiger partial charge in [-0.15, -0.1) is 0 Å². The van der Waals surface area contributed by atoms with Gasteiger partial charge in [-0.2, -0.15) is 0 Å². The Morgan fingerprint density at radius 1 is 0.432 bits per heavy atom. The molecule has 5 heterocycles. The first-order valence-electron chi connectivity index (χ1n) is 15.8. The molecule has 2 saturated carbocycles. The zero-order chi connectivity index (χ0) is 26.8. The first-order chi connectivity index (χ1) is 17.4. The maximum absolute atomic E-state index is 2.45. The maximum atomic E-state index is 2.45. The van der Waals surface area contributed by atoms with Crippen molar-refractivity contribution in [2.75, 3.05) is 101 Å². The topological polar surface area (TPSA) is 16.2 Å². The van der Waals surface area contributed by atoms with E-state index in [4.69, 9.17) is 0 Å². The Balaban J connectivity index is 0.000000118. The van der Waals surface area contributed by atoms with Crippen LogP contribution in [0.25, 0.3) is 0 Å². The number of piperidine rings is 1. The fraction of sp³-hybridized carbons (Fsp3) is 1.00. The van der Waals surface area contributed by atoms with Gasteiger partial charge in [0.05, 0.1) is 0 Å². The molecule has 5 nitrogen and oxygen atoms in total.